The SMILES string of the molecule is N#Cc1c(F)cccc1Nc1ccc(N)c2nonc12. The van der Waals surface area contributed by atoms with Crippen molar-refractivity contribution >= 4 is 28.1 Å². The van der Waals surface area contributed by atoms with Gasteiger partial charge in [0.15, 0.2) is 11.0 Å². The molecular formula is C13H8FN5O. The molecule has 3 aromatic rings. The number of nitrogen functional groups attached to an aromatic ring is 1. The van der Waals surface area contributed by atoms with Gasteiger partial charge in [0.05, 0.1) is 17.1 Å². The lowest BCUT2D eigenvalue weighted by molar-refractivity contribution is 0.316. The van der Waals surface area contributed by atoms with Gasteiger partial charge in [0, 0.05) is 0 Å². The Morgan fingerprint density at radius 3 is 2.75 bits per heavy atom. The number of hydrogen-bond donors (Lipinski definition) is 2. The van der Waals surface area contributed by atoms with E-state index in [0.717, 1.165) is 0 Å². The summed E-state index contributed by atoms with van der Waals surface area (Å²) in [4.78, 5) is 0. The van der Waals surface area contributed by atoms with Crippen LogP contribution in [0.4, 0.5) is 21.5 Å². The predicted molar refractivity (Wildman–Crippen MR) is 70.6 cm³/mol. The molecule has 0 radical (unpaired) electrons. The Bertz CT molecular complexity index is 836. The fraction of sp³-hybridized carbons (Fsp3) is 0. The maximum absolute atomic E-state index is 13.5. The minimum Gasteiger partial charge on any atom is -0.397 e. The largest absolute Gasteiger partial charge is 0.397 e. The van der Waals surface area contributed by atoms with Gasteiger partial charge >= 0.3 is 0 Å². The van der Waals surface area contributed by atoms with E-state index < -0.39 is 5.82 Å². The van der Waals surface area contributed by atoms with Crippen LogP contribution in [0.25, 0.3) is 11.0 Å². The highest BCUT2D eigenvalue weighted by molar-refractivity contribution is 5.96. The van der Waals surface area contributed by atoms with Crippen LogP contribution in [-0.2, 0) is 0 Å². The van der Waals surface area contributed by atoms with E-state index in [1.165, 1.54) is 12.1 Å². The third-order valence-electron chi connectivity index (χ3n) is 2.84. The molecule has 3 N–H and O–H groups in total. The number of fused-ring (bicyclic) bond motifs is 1. The van der Waals surface area contributed by atoms with E-state index in [0.29, 0.717) is 28.1 Å². The molecule has 0 amide bonds. The second-order valence-corrected chi connectivity index (χ2v) is 4.06. The van der Waals surface area contributed by atoms with Gasteiger partial charge < -0.3 is 11.1 Å². The van der Waals surface area contributed by atoms with Gasteiger partial charge in [0.1, 0.15) is 17.4 Å². The third kappa shape index (κ3) is 1.80. The Hall–Kier alpha value is -3.14. The zero-order valence-electron chi connectivity index (χ0n) is 10.1. The van der Waals surface area contributed by atoms with E-state index in [4.69, 9.17) is 11.0 Å². The highest BCUT2D eigenvalue weighted by Crippen LogP contribution is 2.29. The van der Waals surface area contributed by atoms with Gasteiger partial charge in [-0.05, 0) is 34.6 Å². The lowest BCUT2D eigenvalue weighted by Gasteiger charge is -2.09. The standard InChI is InChI=1S/C13H8FN5O/c14-8-2-1-3-10(7(8)6-15)17-11-5-4-9(16)12-13(11)19-20-18-12/h1-5,17H,16H2. The van der Waals surface area contributed by atoms with Crippen LogP contribution in [0, 0.1) is 17.1 Å². The highest BCUT2D eigenvalue weighted by Gasteiger charge is 2.13. The Morgan fingerprint density at radius 2 is 1.95 bits per heavy atom. The second-order valence-electron chi connectivity index (χ2n) is 4.06. The van der Waals surface area contributed by atoms with Crippen LogP contribution in [0.3, 0.4) is 0 Å². The number of nitrogens with one attached hydrogen (secondary N) is 1. The molecule has 98 valence electrons. The number of halogens is 1. The van der Waals surface area contributed by atoms with Crippen molar-refractivity contribution in [3.63, 3.8) is 0 Å². The molecule has 1 heterocycles. The molecule has 0 fully saturated rings. The predicted octanol–water partition coefficient (Wildman–Crippen LogP) is 2.56. The molecule has 0 bridgehead atoms. The van der Waals surface area contributed by atoms with Gasteiger partial charge in [-0.15, -0.1) is 0 Å². The monoisotopic (exact) mass is 269 g/mol. The van der Waals surface area contributed by atoms with Crippen LogP contribution in [0.15, 0.2) is 35.0 Å². The number of nitrogens with zero attached hydrogens (tertiary/aromatic N) is 3. The van der Waals surface area contributed by atoms with Gasteiger partial charge in [-0.3, -0.25) is 0 Å². The molecule has 7 heteroatoms. The van der Waals surface area contributed by atoms with Crippen LogP contribution >= 0.6 is 0 Å². The number of rotatable bonds is 2. The minimum absolute atomic E-state index is 0.0751. The Balaban J connectivity index is 2.11. The van der Waals surface area contributed by atoms with Crippen molar-refractivity contribution in [2.45, 2.75) is 0 Å². The van der Waals surface area contributed by atoms with E-state index in [1.54, 1.807) is 18.2 Å². The summed E-state index contributed by atoms with van der Waals surface area (Å²) >= 11 is 0. The number of aromatic nitrogens is 2. The second kappa shape index (κ2) is 4.51. The van der Waals surface area contributed by atoms with Gasteiger partial charge in [-0.2, -0.15) is 5.26 Å². The summed E-state index contributed by atoms with van der Waals surface area (Å²) in [6.45, 7) is 0. The number of nitrogens with two attached hydrogens (primary N) is 1. The van der Waals surface area contributed by atoms with Gasteiger partial charge in [-0.25, -0.2) is 9.02 Å². The minimum atomic E-state index is -0.595. The molecule has 20 heavy (non-hydrogen) atoms. The number of hydrogen-bond acceptors (Lipinski definition) is 6. The molecular weight excluding hydrogens is 261 g/mol. The van der Waals surface area contributed by atoms with Crippen molar-refractivity contribution < 1.29 is 9.02 Å². The van der Waals surface area contributed by atoms with Crippen molar-refractivity contribution in [2.75, 3.05) is 11.1 Å². The molecule has 0 spiro atoms. The summed E-state index contributed by atoms with van der Waals surface area (Å²) in [6.07, 6.45) is 0. The Labute approximate surface area is 112 Å². The summed E-state index contributed by atoms with van der Waals surface area (Å²) in [7, 11) is 0. The van der Waals surface area contributed by atoms with Crippen molar-refractivity contribution in [1.29, 1.82) is 5.26 Å². The Morgan fingerprint density at radius 1 is 1.15 bits per heavy atom. The number of benzene rings is 2. The molecule has 1 aromatic heterocycles. The lowest BCUT2D eigenvalue weighted by atomic mass is 10.1. The first-order chi connectivity index (χ1) is 9.70. The highest BCUT2D eigenvalue weighted by atomic mass is 19.1. The molecule has 0 aliphatic heterocycles. The zero-order chi connectivity index (χ0) is 14.1. The smallest absolute Gasteiger partial charge is 0.160 e. The number of nitriles is 1. The van der Waals surface area contributed by atoms with Crippen LogP contribution in [0.2, 0.25) is 0 Å². The van der Waals surface area contributed by atoms with E-state index in [2.05, 4.69) is 20.3 Å². The van der Waals surface area contributed by atoms with Crippen LogP contribution in [0.5, 0.6) is 0 Å². The molecule has 2 aromatic carbocycles. The average Bonchev–Trinajstić information content (AvgIpc) is 2.93. The van der Waals surface area contributed by atoms with Crippen molar-refractivity contribution in [1.82, 2.24) is 10.3 Å². The normalized spacial score (nSPS) is 10.4. The van der Waals surface area contributed by atoms with E-state index >= 15 is 0 Å². The first-order valence-electron chi connectivity index (χ1n) is 5.67. The van der Waals surface area contributed by atoms with Crippen LogP contribution in [-0.4, -0.2) is 10.3 Å². The molecule has 0 aliphatic carbocycles. The summed E-state index contributed by atoms with van der Waals surface area (Å²) in [6, 6.07) is 9.43. The van der Waals surface area contributed by atoms with Crippen molar-refractivity contribution in [3.05, 3.63) is 41.7 Å². The fourth-order valence-corrected chi connectivity index (χ4v) is 1.87. The molecule has 0 aliphatic rings. The fourth-order valence-electron chi connectivity index (χ4n) is 1.87. The van der Waals surface area contributed by atoms with Crippen molar-refractivity contribution in [3.8, 4) is 6.07 Å². The van der Waals surface area contributed by atoms with Crippen LogP contribution < -0.4 is 11.1 Å². The summed E-state index contributed by atoms with van der Waals surface area (Å²) in [5, 5.41) is 19.4. The topological polar surface area (TPSA) is 101 Å². The molecule has 0 saturated carbocycles. The van der Waals surface area contributed by atoms with Crippen LogP contribution in [0.1, 0.15) is 5.56 Å². The van der Waals surface area contributed by atoms with Gasteiger partial charge in [0.2, 0.25) is 0 Å². The van der Waals surface area contributed by atoms with E-state index in [-0.39, 0.29) is 5.56 Å². The first-order valence-corrected chi connectivity index (χ1v) is 5.67. The summed E-state index contributed by atoms with van der Waals surface area (Å²) in [5.41, 5.74) is 7.77. The molecule has 0 saturated heterocycles. The van der Waals surface area contributed by atoms with E-state index in [9.17, 15) is 4.39 Å². The zero-order valence-corrected chi connectivity index (χ0v) is 10.1. The number of anilines is 3. The molecule has 0 atom stereocenters. The maximum Gasteiger partial charge on any atom is 0.160 e. The lowest BCUT2D eigenvalue weighted by Crippen LogP contribution is -1.97. The third-order valence-corrected chi connectivity index (χ3v) is 2.84. The molecule has 3 rings (SSSR count). The summed E-state index contributed by atoms with van der Waals surface area (Å²) in [5.74, 6) is -0.595. The maximum atomic E-state index is 13.5. The quantitative estimate of drug-likeness (QED) is 0.693. The van der Waals surface area contributed by atoms with Gasteiger partial charge in [-0.1, -0.05) is 6.07 Å². The summed E-state index contributed by atoms with van der Waals surface area (Å²) < 4.78 is 18.2. The van der Waals surface area contributed by atoms with E-state index in [1.807, 2.05) is 6.07 Å². The first kappa shape index (κ1) is 11.9. The Kier molecular flexibility index (Phi) is 2.69. The molecule has 6 nitrogen and oxygen atoms in total. The van der Waals surface area contributed by atoms with Crippen molar-refractivity contribution in [2.24, 2.45) is 0 Å². The average molecular weight is 269 g/mol. The van der Waals surface area contributed by atoms with Gasteiger partial charge in [0.25, 0.3) is 0 Å². The molecule has 0 unspecified atom stereocenters.